The number of carbonyl (C=O) groups is 1. The molecule has 7 nitrogen and oxygen atoms in total. The van der Waals surface area contributed by atoms with Crippen molar-refractivity contribution in [3.05, 3.63) is 57.8 Å². The van der Waals surface area contributed by atoms with Crippen LogP contribution in [0.2, 0.25) is 0 Å². The quantitative estimate of drug-likeness (QED) is 0.527. The number of aliphatic hydroxyl groups excluding tert-OH is 2. The molecular weight excluding hydrogens is 341 g/mol. The van der Waals surface area contributed by atoms with E-state index in [1.165, 1.54) is 29.0 Å². The number of amides is 1. The minimum Gasteiger partial charge on any atom is -0.396 e. The first-order chi connectivity index (χ1) is 12.5. The van der Waals surface area contributed by atoms with Gasteiger partial charge >= 0.3 is 0 Å². The predicted octanol–water partition coefficient (Wildman–Crippen LogP) is 1.14. The molecule has 0 aliphatic carbocycles. The van der Waals surface area contributed by atoms with Crippen molar-refractivity contribution in [2.75, 3.05) is 25.1 Å². The van der Waals surface area contributed by atoms with Gasteiger partial charge in [-0.1, -0.05) is 6.07 Å². The maximum absolute atomic E-state index is 14.1. The standard InChI is InChI=1S/C18H22FN3O4/c1-12-3-4-15(14(19)9-12)21-16-10-17(25)22(6-8-24)11-13(16)18(26)20-5-2-7-23/h3-4,9-11,21,23-24H,2,5-8H2,1H3,(H,20,26). The lowest BCUT2D eigenvalue weighted by molar-refractivity contribution is 0.0951. The zero-order valence-corrected chi connectivity index (χ0v) is 14.5. The van der Waals surface area contributed by atoms with E-state index in [9.17, 15) is 14.0 Å². The summed E-state index contributed by atoms with van der Waals surface area (Å²) in [5, 5.41) is 23.3. The Kier molecular flexibility index (Phi) is 6.88. The number of carbonyl (C=O) groups excluding carboxylic acids is 1. The minimum atomic E-state index is -0.504. The molecule has 1 heterocycles. The van der Waals surface area contributed by atoms with Crippen LogP contribution in [-0.4, -0.2) is 40.4 Å². The third kappa shape index (κ3) is 4.90. The fourth-order valence-electron chi connectivity index (χ4n) is 2.38. The largest absolute Gasteiger partial charge is 0.396 e. The molecule has 140 valence electrons. The highest BCUT2D eigenvalue weighted by molar-refractivity contribution is 6.00. The van der Waals surface area contributed by atoms with Gasteiger partial charge in [-0.25, -0.2) is 4.39 Å². The zero-order chi connectivity index (χ0) is 19.1. The third-order valence-electron chi connectivity index (χ3n) is 3.73. The number of hydrogen-bond acceptors (Lipinski definition) is 5. The van der Waals surface area contributed by atoms with E-state index in [0.29, 0.717) is 6.42 Å². The number of nitrogens with zero attached hydrogens (tertiary/aromatic N) is 1. The first-order valence-electron chi connectivity index (χ1n) is 8.24. The predicted molar refractivity (Wildman–Crippen MR) is 96.2 cm³/mol. The summed E-state index contributed by atoms with van der Waals surface area (Å²) < 4.78 is 15.3. The molecule has 0 unspecified atom stereocenters. The summed E-state index contributed by atoms with van der Waals surface area (Å²) in [7, 11) is 0. The summed E-state index contributed by atoms with van der Waals surface area (Å²) in [6.07, 6.45) is 1.71. The molecular formula is C18H22FN3O4. The number of halogens is 1. The van der Waals surface area contributed by atoms with Crippen LogP contribution in [0.1, 0.15) is 22.3 Å². The molecule has 1 aromatic carbocycles. The number of nitrogens with one attached hydrogen (secondary N) is 2. The molecule has 2 aromatic rings. The fraction of sp³-hybridized carbons (Fsp3) is 0.333. The Hall–Kier alpha value is -2.71. The van der Waals surface area contributed by atoms with Crippen LogP contribution in [0.3, 0.4) is 0 Å². The van der Waals surface area contributed by atoms with Gasteiger partial charge in [0, 0.05) is 32.0 Å². The topological polar surface area (TPSA) is 104 Å². The number of rotatable bonds is 8. The number of aromatic nitrogens is 1. The molecule has 8 heteroatoms. The van der Waals surface area contributed by atoms with Gasteiger partial charge in [-0.15, -0.1) is 0 Å². The van der Waals surface area contributed by atoms with Crippen LogP contribution < -0.4 is 16.2 Å². The van der Waals surface area contributed by atoms with Crippen LogP contribution in [0.25, 0.3) is 0 Å². The Morgan fingerprint density at radius 3 is 2.62 bits per heavy atom. The van der Waals surface area contributed by atoms with Gasteiger partial charge in [0.1, 0.15) is 5.82 Å². The van der Waals surface area contributed by atoms with Crippen molar-refractivity contribution in [2.45, 2.75) is 19.9 Å². The fourth-order valence-corrected chi connectivity index (χ4v) is 2.38. The molecule has 26 heavy (non-hydrogen) atoms. The lowest BCUT2D eigenvalue weighted by atomic mass is 10.1. The van der Waals surface area contributed by atoms with E-state index < -0.39 is 17.3 Å². The Labute approximate surface area is 150 Å². The highest BCUT2D eigenvalue weighted by Gasteiger charge is 2.15. The normalized spacial score (nSPS) is 10.6. The minimum absolute atomic E-state index is 0.0366. The van der Waals surface area contributed by atoms with E-state index in [2.05, 4.69) is 10.6 Å². The van der Waals surface area contributed by atoms with Crippen LogP contribution in [0, 0.1) is 12.7 Å². The van der Waals surface area contributed by atoms with Crippen molar-refractivity contribution >= 4 is 17.3 Å². The lowest BCUT2D eigenvalue weighted by Gasteiger charge is -2.15. The van der Waals surface area contributed by atoms with Gasteiger partial charge in [-0.05, 0) is 31.0 Å². The van der Waals surface area contributed by atoms with E-state index >= 15 is 0 Å². The van der Waals surface area contributed by atoms with Crippen molar-refractivity contribution in [1.29, 1.82) is 0 Å². The van der Waals surface area contributed by atoms with Crippen LogP contribution >= 0.6 is 0 Å². The van der Waals surface area contributed by atoms with Crippen molar-refractivity contribution in [3.63, 3.8) is 0 Å². The summed E-state index contributed by atoms with van der Waals surface area (Å²) in [6.45, 7) is 1.72. The molecule has 0 spiro atoms. The van der Waals surface area contributed by atoms with E-state index in [-0.39, 0.29) is 43.2 Å². The first kappa shape index (κ1) is 19.6. The van der Waals surface area contributed by atoms with E-state index in [1.807, 2.05) is 0 Å². The summed E-state index contributed by atoms with van der Waals surface area (Å²) in [6, 6.07) is 5.77. The first-order valence-corrected chi connectivity index (χ1v) is 8.24. The summed E-state index contributed by atoms with van der Waals surface area (Å²) in [5.41, 5.74) is 0.748. The number of pyridine rings is 1. The highest BCUT2D eigenvalue weighted by Crippen LogP contribution is 2.23. The van der Waals surface area contributed by atoms with Gasteiger partial charge in [0.25, 0.3) is 11.5 Å². The van der Waals surface area contributed by atoms with E-state index in [4.69, 9.17) is 10.2 Å². The molecule has 0 saturated heterocycles. The Morgan fingerprint density at radius 1 is 1.19 bits per heavy atom. The Morgan fingerprint density at radius 2 is 1.96 bits per heavy atom. The average Bonchev–Trinajstić information content (AvgIpc) is 2.59. The molecule has 0 aliphatic heterocycles. The summed E-state index contributed by atoms with van der Waals surface area (Å²) in [5.74, 6) is -0.976. The van der Waals surface area contributed by atoms with Crippen molar-refractivity contribution < 1.29 is 19.4 Å². The highest BCUT2D eigenvalue weighted by atomic mass is 19.1. The van der Waals surface area contributed by atoms with Crippen LogP contribution in [0.5, 0.6) is 0 Å². The number of aliphatic hydroxyl groups is 2. The van der Waals surface area contributed by atoms with Gasteiger partial charge in [0.15, 0.2) is 0 Å². The number of benzene rings is 1. The molecule has 2 rings (SSSR count). The summed E-state index contributed by atoms with van der Waals surface area (Å²) in [4.78, 5) is 24.6. The SMILES string of the molecule is Cc1ccc(Nc2cc(=O)n(CCO)cc2C(=O)NCCCO)c(F)c1. The monoisotopic (exact) mass is 363 g/mol. The van der Waals surface area contributed by atoms with Crippen LogP contribution in [0.4, 0.5) is 15.8 Å². The van der Waals surface area contributed by atoms with Crippen LogP contribution in [-0.2, 0) is 6.54 Å². The van der Waals surface area contributed by atoms with E-state index in [1.54, 1.807) is 13.0 Å². The van der Waals surface area contributed by atoms with Crippen molar-refractivity contribution in [1.82, 2.24) is 9.88 Å². The molecule has 0 atom stereocenters. The molecule has 1 aromatic heterocycles. The molecule has 4 N–H and O–H groups in total. The molecule has 0 aliphatic rings. The molecule has 0 bridgehead atoms. The Bertz CT molecular complexity index is 836. The Balaban J connectivity index is 2.40. The van der Waals surface area contributed by atoms with Gasteiger partial charge in [0.2, 0.25) is 0 Å². The van der Waals surface area contributed by atoms with E-state index in [0.717, 1.165) is 5.56 Å². The van der Waals surface area contributed by atoms with Gasteiger partial charge < -0.3 is 25.4 Å². The van der Waals surface area contributed by atoms with Gasteiger partial charge in [-0.2, -0.15) is 0 Å². The summed E-state index contributed by atoms with van der Waals surface area (Å²) >= 11 is 0. The molecule has 1 amide bonds. The number of hydrogen-bond donors (Lipinski definition) is 4. The van der Waals surface area contributed by atoms with Crippen molar-refractivity contribution in [2.24, 2.45) is 0 Å². The second-order valence-corrected chi connectivity index (χ2v) is 5.80. The molecule has 0 radical (unpaired) electrons. The average molecular weight is 363 g/mol. The number of aryl methyl sites for hydroxylation is 1. The zero-order valence-electron chi connectivity index (χ0n) is 14.5. The molecule has 0 fully saturated rings. The van der Waals surface area contributed by atoms with Crippen molar-refractivity contribution in [3.8, 4) is 0 Å². The third-order valence-corrected chi connectivity index (χ3v) is 3.73. The smallest absolute Gasteiger partial charge is 0.254 e. The van der Waals surface area contributed by atoms with Crippen LogP contribution in [0.15, 0.2) is 35.3 Å². The second-order valence-electron chi connectivity index (χ2n) is 5.80. The van der Waals surface area contributed by atoms with Gasteiger partial charge in [0.05, 0.1) is 23.5 Å². The van der Waals surface area contributed by atoms with Gasteiger partial charge in [-0.3, -0.25) is 9.59 Å². The molecule has 0 saturated carbocycles. The second kappa shape index (κ2) is 9.12. The maximum atomic E-state index is 14.1. The number of anilines is 2. The lowest BCUT2D eigenvalue weighted by Crippen LogP contribution is -2.29. The maximum Gasteiger partial charge on any atom is 0.254 e.